The van der Waals surface area contributed by atoms with Crippen LogP contribution in [-0.2, 0) is 5.41 Å². The SMILES string of the molecule is Clc1ccc(C2([C@H]3CCNC3)CCC2)cc1Cl. The third-order valence-corrected chi connectivity index (χ3v) is 5.32. The normalized spacial score (nSPS) is 26.8. The summed E-state index contributed by atoms with van der Waals surface area (Å²) in [5.74, 6) is 0.772. The highest BCUT2D eigenvalue weighted by Crippen LogP contribution is 2.51. The third kappa shape index (κ3) is 1.89. The average Bonchev–Trinajstić information content (AvgIpc) is 2.75. The molecule has 92 valence electrons. The van der Waals surface area contributed by atoms with Crippen molar-refractivity contribution in [1.82, 2.24) is 5.32 Å². The van der Waals surface area contributed by atoms with Crippen LogP contribution in [0.15, 0.2) is 18.2 Å². The van der Waals surface area contributed by atoms with Gasteiger partial charge in [-0.1, -0.05) is 35.7 Å². The molecule has 1 heterocycles. The van der Waals surface area contributed by atoms with Crippen molar-refractivity contribution in [2.75, 3.05) is 13.1 Å². The van der Waals surface area contributed by atoms with Crippen molar-refractivity contribution < 1.29 is 0 Å². The fourth-order valence-corrected chi connectivity index (χ4v) is 3.72. The molecule has 17 heavy (non-hydrogen) atoms. The zero-order valence-electron chi connectivity index (χ0n) is 9.81. The zero-order valence-corrected chi connectivity index (χ0v) is 11.3. The second kappa shape index (κ2) is 4.46. The first kappa shape index (κ1) is 11.8. The molecule has 1 aromatic carbocycles. The van der Waals surface area contributed by atoms with Gasteiger partial charge in [-0.15, -0.1) is 0 Å². The minimum Gasteiger partial charge on any atom is -0.316 e. The van der Waals surface area contributed by atoms with E-state index in [2.05, 4.69) is 17.4 Å². The van der Waals surface area contributed by atoms with Crippen LogP contribution in [0.4, 0.5) is 0 Å². The summed E-state index contributed by atoms with van der Waals surface area (Å²) in [6.07, 6.45) is 5.24. The van der Waals surface area contributed by atoms with Crippen molar-refractivity contribution in [3.05, 3.63) is 33.8 Å². The molecule has 0 bridgehead atoms. The van der Waals surface area contributed by atoms with Gasteiger partial charge in [0.2, 0.25) is 0 Å². The monoisotopic (exact) mass is 269 g/mol. The summed E-state index contributed by atoms with van der Waals surface area (Å²) in [6, 6.07) is 6.20. The number of benzene rings is 1. The van der Waals surface area contributed by atoms with Crippen molar-refractivity contribution in [3.63, 3.8) is 0 Å². The summed E-state index contributed by atoms with van der Waals surface area (Å²) in [5, 5.41) is 4.84. The molecule has 0 unspecified atom stereocenters. The Kier molecular flexibility index (Phi) is 3.10. The van der Waals surface area contributed by atoms with Gasteiger partial charge in [0.05, 0.1) is 10.0 Å². The van der Waals surface area contributed by atoms with Crippen molar-refractivity contribution in [2.45, 2.75) is 31.1 Å². The summed E-state index contributed by atoms with van der Waals surface area (Å²) in [5.41, 5.74) is 1.77. The van der Waals surface area contributed by atoms with Gasteiger partial charge in [0, 0.05) is 0 Å². The molecule has 1 N–H and O–H groups in total. The highest BCUT2D eigenvalue weighted by atomic mass is 35.5. The Morgan fingerprint density at radius 1 is 1.18 bits per heavy atom. The first-order valence-corrected chi connectivity index (χ1v) is 7.14. The molecule has 2 aliphatic rings. The molecule has 1 aliphatic heterocycles. The van der Waals surface area contributed by atoms with Crippen molar-refractivity contribution in [3.8, 4) is 0 Å². The van der Waals surface area contributed by atoms with Crippen LogP contribution in [0.25, 0.3) is 0 Å². The second-order valence-corrected chi connectivity index (χ2v) is 6.14. The van der Waals surface area contributed by atoms with Crippen molar-refractivity contribution in [2.24, 2.45) is 5.92 Å². The second-order valence-electron chi connectivity index (χ2n) is 5.33. The third-order valence-electron chi connectivity index (χ3n) is 4.58. The van der Waals surface area contributed by atoms with E-state index in [0.717, 1.165) is 19.0 Å². The topological polar surface area (TPSA) is 12.0 Å². The number of nitrogens with one attached hydrogen (secondary N) is 1. The van der Waals surface area contributed by atoms with Gasteiger partial charge >= 0.3 is 0 Å². The summed E-state index contributed by atoms with van der Waals surface area (Å²) in [7, 11) is 0. The largest absolute Gasteiger partial charge is 0.316 e. The maximum Gasteiger partial charge on any atom is 0.0595 e. The molecule has 1 nitrogen and oxygen atoms in total. The first-order valence-electron chi connectivity index (χ1n) is 6.39. The van der Waals surface area contributed by atoms with E-state index in [-0.39, 0.29) is 0 Å². The maximum atomic E-state index is 6.16. The first-order chi connectivity index (χ1) is 8.22. The Morgan fingerprint density at radius 3 is 2.53 bits per heavy atom. The average molecular weight is 270 g/mol. The quantitative estimate of drug-likeness (QED) is 0.855. The lowest BCUT2D eigenvalue weighted by atomic mass is 9.57. The van der Waals surface area contributed by atoms with Crippen molar-refractivity contribution >= 4 is 23.2 Å². The molecule has 1 atom stereocenters. The van der Waals surface area contributed by atoms with Crippen LogP contribution in [0.1, 0.15) is 31.2 Å². The number of hydrogen-bond donors (Lipinski definition) is 1. The molecular formula is C14H17Cl2N. The Hall–Kier alpha value is -0.240. The number of hydrogen-bond acceptors (Lipinski definition) is 1. The number of rotatable bonds is 2. The van der Waals surface area contributed by atoms with Gasteiger partial charge in [-0.05, 0) is 61.4 Å². The van der Waals surface area contributed by atoms with Gasteiger partial charge in [-0.3, -0.25) is 0 Å². The molecular weight excluding hydrogens is 253 g/mol. The van der Waals surface area contributed by atoms with Crippen LogP contribution in [0.5, 0.6) is 0 Å². The van der Waals surface area contributed by atoms with Crippen molar-refractivity contribution in [1.29, 1.82) is 0 Å². The van der Waals surface area contributed by atoms with Crippen LogP contribution in [0, 0.1) is 5.92 Å². The standard InChI is InChI=1S/C14H17Cl2N/c15-12-3-2-10(8-13(12)16)14(5-1-6-14)11-4-7-17-9-11/h2-3,8,11,17H,1,4-7,9H2/t11-/m0/s1. The van der Waals surface area contributed by atoms with Crippen LogP contribution in [-0.4, -0.2) is 13.1 Å². The smallest absolute Gasteiger partial charge is 0.0595 e. The lowest BCUT2D eigenvalue weighted by Crippen LogP contribution is -2.42. The molecule has 1 aromatic rings. The highest BCUT2D eigenvalue weighted by Gasteiger charge is 2.46. The molecule has 0 aromatic heterocycles. The van der Waals surface area contributed by atoms with E-state index in [4.69, 9.17) is 23.2 Å². The Balaban J connectivity index is 1.96. The van der Waals surface area contributed by atoms with E-state index >= 15 is 0 Å². The molecule has 1 saturated carbocycles. The van der Waals surface area contributed by atoms with E-state index in [9.17, 15) is 0 Å². The molecule has 0 amide bonds. The highest BCUT2D eigenvalue weighted by molar-refractivity contribution is 6.42. The van der Waals surface area contributed by atoms with Gasteiger partial charge in [-0.2, -0.15) is 0 Å². The predicted molar refractivity (Wildman–Crippen MR) is 73.0 cm³/mol. The zero-order chi connectivity index (χ0) is 11.9. The van der Waals surface area contributed by atoms with Gasteiger partial charge in [-0.25, -0.2) is 0 Å². The molecule has 1 saturated heterocycles. The van der Waals surface area contributed by atoms with E-state index in [1.165, 1.54) is 31.2 Å². The Morgan fingerprint density at radius 2 is 2.00 bits per heavy atom. The lowest BCUT2D eigenvalue weighted by molar-refractivity contribution is 0.157. The number of halogens is 2. The summed E-state index contributed by atoms with van der Waals surface area (Å²) in [6.45, 7) is 2.31. The van der Waals surface area contributed by atoms with E-state index in [1.54, 1.807) is 0 Å². The fourth-order valence-electron chi connectivity index (χ4n) is 3.42. The van der Waals surface area contributed by atoms with Crippen LogP contribution in [0.2, 0.25) is 10.0 Å². The van der Waals surface area contributed by atoms with Crippen LogP contribution >= 0.6 is 23.2 Å². The Bertz CT molecular complexity index is 420. The van der Waals surface area contributed by atoms with Gasteiger partial charge < -0.3 is 5.32 Å². The van der Waals surface area contributed by atoms with Crippen LogP contribution < -0.4 is 5.32 Å². The summed E-state index contributed by atoms with van der Waals surface area (Å²) >= 11 is 12.2. The van der Waals surface area contributed by atoms with Crippen LogP contribution in [0.3, 0.4) is 0 Å². The summed E-state index contributed by atoms with van der Waals surface area (Å²) < 4.78 is 0. The van der Waals surface area contributed by atoms with Gasteiger partial charge in [0.15, 0.2) is 0 Å². The van der Waals surface area contributed by atoms with E-state index in [0.29, 0.717) is 15.5 Å². The molecule has 3 heteroatoms. The Labute approximate surface area is 112 Å². The van der Waals surface area contributed by atoms with Gasteiger partial charge in [0.1, 0.15) is 0 Å². The molecule has 1 aliphatic carbocycles. The van der Waals surface area contributed by atoms with Gasteiger partial charge in [0.25, 0.3) is 0 Å². The molecule has 0 spiro atoms. The van der Waals surface area contributed by atoms with E-state index < -0.39 is 0 Å². The summed E-state index contributed by atoms with van der Waals surface area (Å²) in [4.78, 5) is 0. The molecule has 3 rings (SSSR count). The minimum absolute atomic E-state index is 0.373. The lowest BCUT2D eigenvalue weighted by Gasteiger charge is -2.47. The minimum atomic E-state index is 0.373. The predicted octanol–water partition coefficient (Wildman–Crippen LogP) is 4.02. The van der Waals surface area contributed by atoms with E-state index in [1.807, 2.05) is 6.07 Å². The fraction of sp³-hybridized carbons (Fsp3) is 0.571. The maximum absolute atomic E-state index is 6.16. The molecule has 2 fully saturated rings. The molecule has 0 radical (unpaired) electrons.